The van der Waals surface area contributed by atoms with Gasteiger partial charge in [-0.05, 0) is 12.8 Å². The van der Waals surface area contributed by atoms with Crippen LogP contribution in [0.3, 0.4) is 0 Å². The Kier molecular flexibility index (Phi) is 5.06. The molecule has 0 unspecified atom stereocenters. The van der Waals surface area contributed by atoms with Gasteiger partial charge in [0.25, 0.3) is 0 Å². The maximum Gasteiger partial charge on any atom is 0.355 e. The molecule has 3 heteroatoms. The van der Waals surface area contributed by atoms with Crippen LogP contribution in [-0.4, -0.2) is 11.3 Å². The van der Waals surface area contributed by atoms with Crippen LogP contribution in [-0.2, 0) is 9.90 Å². The van der Waals surface area contributed by atoms with Crippen LogP contribution in [0, 0.1) is 0 Å². The molecule has 0 saturated carbocycles. The number of carbonyl (C=O) groups is 1. The number of halogens is 1. The van der Waals surface area contributed by atoms with Gasteiger partial charge in [0.15, 0.2) is 0 Å². The number of rotatable bonds is 4. The molecule has 0 spiro atoms. The summed E-state index contributed by atoms with van der Waals surface area (Å²) in [7, 11) is 0. The van der Waals surface area contributed by atoms with Gasteiger partial charge in [0, 0.05) is 5.33 Å². The monoisotopic (exact) mass is 179 g/mol. The van der Waals surface area contributed by atoms with E-state index in [4.69, 9.17) is 0 Å². The van der Waals surface area contributed by atoms with E-state index in [0.717, 1.165) is 11.8 Å². The molecule has 0 amide bonds. The first-order valence-electron chi connectivity index (χ1n) is 2.53. The van der Waals surface area contributed by atoms with Crippen LogP contribution in [0.4, 0.5) is 0 Å². The molecule has 0 N–H and O–H groups in total. The van der Waals surface area contributed by atoms with E-state index in [-0.39, 0.29) is 6.42 Å². The van der Waals surface area contributed by atoms with Crippen molar-refractivity contribution >= 4 is 21.9 Å². The number of carbonyl (C=O) groups excluding carboxylic acids is 1. The molecule has 0 rings (SSSR count). The summed E-state index contributed by atoms with van der Waals surface area (Å²) < 4.78 is 0. The van der Waals surface area contributed by atoms with Crippen molar-refractivity contribution in [2.24, 2.45) is 0 Å². The quantitative estimate of drug-likeness (QED) is 0.477. The average molecular weight is 180 g/mol. The highest BCUT2D eigenvalue weighted by molar-refractivity contribution is 9.09. The molecule has 0 aliphatic rings. The summed E-state index contributed by atoms with van der Waals surface area (Å²) in [5.74, 6) is -0.953. The Morgan fingerprint density at radius 2 is 2.00 bits per heavy atom. The van der Waals surface area contributed by atoms with Crippen LogP contribution in [0.2, 0.25) is 0 Å². The van der Waals surface area contributed by atoms with E-state index in [1.807, 2.05) is 0 Å². The first-order chi connectivity index (χ1) is 3.77. The van der Waals surface area contributed by atoms with Gasteiger partial charge in [-0.3, -0.25) is 0 Å². The van der Waals surface area contributed by atoms with Crippen molar-refractivity contribution in [3.8, 4) is 0 Å². The summed E-state index contributed by atoms with van der Waals surface area (Å²) in [6.07, 6.45) is 1.81. The third kappa shape index (κ3) is 5.95. The maximum absolute atomic E-state index is 9.75. The Balaban J connectivity index is 2.82. The number of hydrogen-bond acceptors (Lipinski definition) is 1. The van der Waals surface area contributed by atoms with E-state index in [0.29, 0.717) is 6.42 Å². The van der Waals surface area contributed by atoms with Crippen molar-refractivity contribution in [2.75, 3.05) is 5.33 Å². The minimum absolute atomic E-state index is 0.186. The zero-order valence-electron chi connectivity index (χ0n) is 4.52. The van der Waals surface area contributed by atoms with E-state index in [9.17, 15) is 9.90 Å². The lowest BCUT2D eigenvalue weighted by Crippen LogP contribution is -1.91. The fourth-order valence-electron chi connectivity index (χ4n) is 0.364. The molecule has 0 bridgehead atoms. The normalized spacial score (nSPS) is 9.12. The van der Waals surface area contributed by atoms with Gasteiger partial charge < -0.3 is 0 Å². The smallest absolute Gasteiger partial charge is 0.247 e. The van der Waals surface area contributed by atoms with E-state index in [1.54, 1.807) is 0 Å². The van der Waals surface area contributed by atoms with Gasteiger partial charge >= 0.3 is 5.97 Å². The second-order valence-corrected chi connectivity index (χ2v) is 2.31. The van der Waals surface area contributed by atoms with Crippen LogP contribution < -0.4 is 0 Å². The molecule has 8 heavy (non-hydrogen) atoms. The van der Waals surface area contributed by atoms with Gasteiger partial charge in [0.1, 0.15) is 0 Å². The fourth-order valence-corrected chi connectivity index (χ4v) is 0.760. The predicted molar refractivity (Wildman–Crippen MR) is 33.3 cm³/mol. The summed E-state index contributed by atoms with van der Waals surface area (Å²) in [4.78, 5) is 9.75. The highest BCUT2D eigenvalue weighted by Crippen LogP contribution is 1.97. The molecule has 0 aromatic carbocycles. The third-order valence-electron chi connectivity index (χ3n) is 0.765. The third-order valence-corrected chi connectivity index (χ3v) is 1.33. The van der Waals surface area contributed by atoms with E-state index in [1.165, 1.54) is 0 Å². The van der Waals surface area contributed by atoms with Gasteiger partial charge in [0.2, 0.25) is 0 Å². The summed E-state index contributed by atoms with van der Waals surface area (Å²) in [6, 6.07) is 0. The van der Waals surface area contributed by atoms with Crippen molar-refractivity contribution in [1.82, 2.24) is 0 Å². The molecule has 0 aliphatic carbocycles. The zero-order valence-corrected chi connectivity index (χ0v) is 6.11. The Bertz CT molecular complexity index is 72.8. The van der Waals surface area contributed by atoms with Gasteiger partial charge in [-0.15, -0.1) is 0 Å². The van der Waals surface area contributed by atoms with E-state index in [2.05, 4.69) is 15.9 Å². The molecule has 2 nitrogen and oxygen atoms in total. The first kappa shape index (κ1) is 7.95. The Labute approximate surface area is 57.0 Å². The van der Waals surface area contributed by atoms with Crippen molar-refractivity contribution in [1.29, 1.82) is 0 Å². The first-order valence-corrected chi connectivity index (χ1v) is 3.65. The SMILES string of the molecule is [O]C(=O)CCCCBr. The van der Waals surface area contributed by atoms with Gasteiger partial charge in [0.05, 0.1) is 6.42 Å². The highest BCUT2D eigenvalue weighted by Gasteiger charge is 1.96. The molecule has 0 aromatic heterocycles. The summed E-state index contributed by atoms with van der Waals surface area (Å²) in [5.41, 5.74) is 0. The van der Waals surface area contributed by atoms with Crippen LogP contribution in [0.1, 0.15) is 19.3 Å². The highest BCUT2D eigenvalue weighted by atomic mass is 79.9. The predicted octanol–water partition coefficient (Wildman–Crippen LogP) is 1.51. The molecule has 0 fully saturated rings. The molecule has 0 heterocycles. The average Bonchev–Trinajstić information content (AvgIpc) is 1.66. The largest absolute Gasteiger partial charge is 0.355 e. The van der Waals surface area contributed by atoms with Crippen molar-refractivity contribution in [3.05, 3.63) is 0 Å². The minimum atomic E-state index is -0.953. The maximum atomic E-state index is 9.75. The molecule has 0 aliphatic heterocycles. The molecule has 47 valence electrons. The van der Waals surface area contributed by atoms with Crippen molar-refractivity contribution < 1.29 is 9.90 Å². The van der Waals surface area contributed by atoms with E-state index < -0.39 is 5.97 Å². The molecular formula is C5H8BrO2. The van der Waals surface area contributed by atoms with E-state index >= 15 is 0 Å². The van der Waals surface area contributed by atoms with Crippen molar-refractivity contribution in [2.45, 2.75) is 19.3 Å². The second kappa shape index (κ2) is 5.09. The standard InChI is InChI=1S/C5H8BrO2/c6-4-2-1-3-5(7)8/h1-4H2. The molecule has 1 radical (unpaired) electrons. The molecule has 0 aromatic rings. The van der Waals surface area contributed by atoms with Crippen LogP contribution >= 0.6 is 15.9 Å². The number of alkyl halides is 1. The van der Waals surface area contributed by atoms with Gasteiger partial charge in [-0.25, -0.2) is 9.90 Å². The Morgan fingerprint density at radius 3 is 2.38 bits per heavy atom. The summed E-state index contributed by atoms with van der Waals surface area (Å²) in [6.45, 7) is 0. The fraction of sp³-hybridized carbons (Fsp3) is 0.800. The lowest BCUT2D eigenvalue weighted by molar-refractivity contribution is -0.143. The minimum Gasteiger partial charge on any atom is -0.247 e. The van der Waals surface area contributed by atoms with Crippen LogP contribution in [0.25, 0.3) is 0 Å². The lowest BCUT2D eigenvalue weighted by Gasteiger charge is -1.86. The zero-order chi connectivity index (χ0) is 6.41. The number of hydrogen-bond donors (Lipinski definition) is 0. The molecular weight excluding hydrogens is 172 g/mol. The Morgan fingerprint density at radius 1 is 1.38 bits per heavy atom. The lowest BCUT2D eigenvalue weighted by atomic mass is 10.3. The number of unbranched alkanes of at least 4 members (excludes halogenated alkanes) is 1. The summed E-state index contributed by atoms with van der Waals surface area (Å²) >= 11 is 3.19. The van der Waals surface area contributed by atoms with Crippen molar-refractivity contribution in [3.63, 3.8) is 0 Å². The Hall–Kier alpha value is -0.0500. The van der Waals surface area contributed by atoms with Crippen LogP contribution in [0.5, 0.6) is 0 Å². The topological polar surface area (TPSA) is 37.0 Å². The van der Waals surface area contributed by atoms with Crippen LogP contribution in [0.15, 0.2) is 0 Å². The second-order valence-electron chi connectivity index (χ2n) is 1.52. The van der Waals surface area contributed by atoms with Gasteiger partial charge in [-0.2, -0.15) is 0 Å². The molecule has 0 atom stereocenters. The van der Waals surface area contributed by atoms with Gasteiger partial charge in [-0.1, -0.05) is 15.9 Å². The molecule has 0 saturated heterocycles. The summed E-state index contributed by atoms with van der Waals surface area (Å²) in [5, 5.41) is 10.6.